The van der Waals surface area contributed by atoms with E-state index in [0.717, 1.165) is 49.5 Å². The Hall–Kier alpha value is -1.95. The second-order valence-electron chi connectivity index (χ2n) is 5.86. The highest BCUT2D eigenvalue weighted by atomic mass is 32.1. The van der Waals surface area contributed by atoms with Gasteiger partial charge >= 0.3 is 0 Å². The van der Waals surface area contributed by atoms with Gasteiger partial charge in [-0.05, 0) is 37.1 Å². The van der Waals surface area contributed by atoms with Crippen molar-refractivity contribution in [3.63, 3.8) is 0 Å². The highest BCUT2D eigenvalue weighted by Crippen LogP contribution is 2.27. The first kappa shape index (κ1) is 13.7. The number of hydrogen-bond donors (Lipinski definition) is 1. The van der Waals surface area contributed by atoms with Gasteiger partial charge in [-0.15, -0.1) is 11.3 Å². The Labute approximate surface area is 133 Å². The van der Waals surface area contributed by atoms with Crippen molar-refractivity contribution >= 4 is 23.1 Å². The molecule has 0 spiro atoms. The number of fused-ring (bicyclic) bond motifs is 1. The Bertz CT molecular complexity index is 685. The highest BCUT2D eigenvalue weighted by molar-refractivity contribution is 7.12. The van der Waals surface area contributed by atoms with Crippen LogP contribution >= 0.6 is 11.3 Å². The molecular formula is C16H18N4OS. The molecule has 0 unspecified atom stereocenters. The van der Waals surface area contributed by atoms with Crippen LogP contribution in [0.5, 0.6) is 0 Å². The van der Waals surface area contributed by atoms with Gasteiger partial charge in [0.2, 0.25) is 0 Å². The Morgan fingerprint density at radius 3 is 3.18 bits per heavy atom. The van der Waals surface area contributed by atoms with Crippen molar-refractivity contribution in [1.82, 2.24) is 14.9 Å². The van der Waals surface area contributed by atoms with Gasteiger partial charge in [-0.25, -0.2) is 9.97 Å². The fourth-order valence-electron chi connectivity index (χ4n) is 3.30. The number of thiophene rings is 1. The van der Waals surface area contributed by atoms with Crippen LogP contribution in [-0.4, -0.2) is 39.9 Å². The van der Waals surface area contributed by atoms with Gasteiger partial charge in [0.25, 0.3) is 5.91 Å². The molecule has 3 heterocycles. The van der Waals surface area contributed by atoms with Crippen LogP contribution in [0.1, 0.15) is 33.8 Å². The molecule has 6 heteroatoms. The smallest absolute Gasteiger partial charge is 0.263 e. The molecule has 0 saturated carbocycles. The third-order valence-electron chi connectivity index (χ3n) is 4.42. The third-order valence-corrected chi connectivity index (χ3v) is 5.28. The van der Waals surface area contributed by atoms with Crippen LogP contribution in [0.2, 0.25) is 0 Å². The Balaban J connectivity index is 1.44. The average Bonchev–Trinajstić information content (AvgIpc) is 3.28. The number of likely N-dealkylation sites (tertiary alicyclic amines) is 1. The minimum Gasteiger partial charge on any atom is -0.365 e. The number of anilines is 1. The molecule has 2 aromatic heterocycles. The van der Waals surface area contributed by atoms with Crippen LogP contribution in [0.3, 0.4) is 0 Å². The monoisotopic (exact) mass is 314 g/mol. The number of hydrogen-bond acceptors (Lipinski definition) is 5. The number of nitrogens with one attached hydrogen (secondary N) is 1. The largest absolute Gasteiger partial charge is 0.365 e. The predicted octanol–water partition coefficient (Wildman–Crippen LogP) is 2.35. The summed E-state index contributed by atoms with van der Waals surface area (Å²) < 4.78 is 0. The second kappa shape index (κ2) is 5.68. The molecule has 1 atom stereocenters. The van der Waals surface area contributed by atoms with Gasteiger partial charge in [-0.2, -0.15) is 0 Å². The zero-order valence-corrected chi connectivity index (χ0v) is 13.1. The van der Waals surface area contributed by atoms with Gasteiger partial charge in [0.05, 0.1) is 4.88 Å². The summed E-state index contributed by atoms with van der Waals surface area (Å²) in [6.45, 7) is 1.55. The molecule has 1 fully saturated rings. The predicted molar refractivity (Wildman–Crippen MR) is 86.3 cm³/mol. The standard InChI is InChI=1S/C16H18N4OS/c21-16(14-5-2-8-22-14)20-7-6-11(9-20)19-15-12-3-1-4-13(12)17-10-18-15/h2,5,8,10-11H,1,3-4,6-7,9H2,(H,17,18,19)/t11-/m0/s1. The lowest BCUT2D eigenvalue weighted by Crippen LogP contribution is -2.31. The molecule has 22 heavy (non-hydrogen) atoms. The minimum atomic E-state index is 0.146. The summed E-state index contributed by atoms with van der Waals surface area (Å²) >= 11 is 1.51. The Morgan fingerprint density at radius 2 is 2.32 bits per heavy atom. The molecule has 1 amide bonds. The lowest BCUT2D eigenvalue weighted by atomic mass is 10.2. The Kier molecular flexibility index (Phi) is 3.54. The number of carbonyl (C=O) groups excluding carboxylic acids is 1. The number of rotatable bonds is 3. The molecule has 5 nitrogen and oxygen atoms in total. The summed E-state index contributed by atoms with van der Waals surface area (Å²) in [5, 5.41) is 5.48. The summed E-state index contributed by atoms with van der Waals surface area (Å²) in [4.78, 5) is 23.9. The molecule has 0 aromatic carbocycles. The lowest BCUT2D eigenvalue weighted by Gasteiger charge is -2.17. The summed E-state index contributed by atoms with van der Waals surface area (Å²) in [5.74, 6) is 1.12. The van der Waals surface area contributed by atoms with Crippen molar-refractivity contribution in [2.45, 2.75) is 31.7 Å². The quantitative estimate of drug-likeness (QED) is 0.945. The van der Waals surface area contributed by atoms with Crippen molar-refractivity contribution < 1.29 is 4.79 Å². The fourth-order valence-corrected chi connectivity index (χ4v) is 3.99. The van der Waals surface area contributed by atoms with Gasteiger partial charge in [0.1, 0.15) is 12.1 Å². The van der Waals surface area contributed by atoms with Gasteiger partial charge in [-0.3, -0.25) is 4.79 Å². The van der Waals surface area contributed by atoms with Gasteiger partial charge in [-0.1, -0.05) is 6.07 Å². The Morgan fingerprint density at radius 1 is 1.36 bits per heavy atom. The number of nitrogens with zero attached hydrogens (tertiary/aromatic N) is 3. The number of aromatic nitrogens is 2. The maximum Gasteiger partial charge on any atom is 0.263 e. The molecule has 4 rings (SSSR count). The SMILES string of the molecule is O=C(c1cccs1)N1CC[C@H](Nc2ncnc3c2CCC3)C1. The summed E-state index contributed by atoms with van der Waals surface area (Å²) in [6, 6.07) is 4.10. The molecule has 2 aromatic rings. The van der Waals surface area contributed by atoms with Crippen molar-refractivity contribution in [1.29, 1.82) is 0 Å². The van der Waals surface area contributed by atoms with Gasteiger partial charge < -0.3 is 10.2 Å². The lowest BCUT2D eigenvalue weighted by molar-refractivity contribution is 0.0796. The molecule has 1 N–H and O–H groups in total. The van der Waals surface area contributed by atoms with Crippen LogP contribution in [0.15, 0.2) is 23.8 Å². The molecule has 2 aliphatic rings. The van der Waals surface area contributed by atoms with E-state index in [1.165, 1.54) is 22.6 Å². The van der Waals surface area contributed by atoms with E-state index in [4.69, 9.17) is 0 Å². The molecular weight excluding hydrogens is 296 g/mol. The van der Waals surface area contributed by atoms with Crippen molar-refractivity contribution in [2.24, 2.45) is 0 Å². The first-order chi connectivity index (χ1) is 10.8. The van der Waals surface area contributed by atoms with Crippen LogP contribution < -0.4 is 5.32 Å². The topological polar surface area (TPSA) is 58.1 Å². The summed E-state index contributed by atoms with van der Waals surface area (Å²) in [5.41, 5.74) is 2.45. The van der Waals surface area contributed by atoms with E-state index in [1.807, 2.05) is 22.4 Å². The average molecular weight is 314 g/mol. The van der Waals surface area contributed by atoms with E-state index < -0.39 is 0 Å². The van der Waals surface area contributed by atoms with E-state index >= 15 is 0 Å². The van der Waals surface area contributed by atoms with Gasteiger partial charge in [0, 0.05) is 30.4 Å². The zero-order valence-electron chi connectivity index (χ0n) is 12.3. The molecule has 0 bridgehead atoms. The molecule has 1 saturated heterocycles. The third kappa shape index (κ3) is 2.47. The van der Waals surface area contributed by atoms with Crippen LogP contribution in [-0.2, 0) is 12.8 Å². The number of aryl methyl sites for hydroxylation is 1. The van der Waals surface area contributed by atoms with E-state index in [0.29, 0.717) is 0 Å². The first-order valence-electron chi connectivity index (χ1n) is 7.73. The zero-order chi connectivity index (χ0) is 14.9. The summed E-state index contributed by atoms with van der Waals surface area (Å²) in [6.07, 6.45) is 5.89. The molecule has 0 radical (unpaired) electrons. The fraction of sp³-hybridized carbons (Fsp3) is 0.438. The normalized spacial score (nSPS) is 20.2. The maximum absolute atomic E-state index is 12.4. The maximum atomic E-state index is 12.4. The van der Waals surface area contributed by atoms with Crippen LogP contribution in [0.4, 0.5) is 5.82 Å². The molecule has 1 aliphatic carbocycles. The molecule has 114 valence electrons. The van der Waals surface area contributed by atoms with Crippen LogP contribution in [0.25, 0.3) is 0 Å². The van der Waals surface area contributed by atoms with Gasteiger partial charge in [0.15, 0.2) is 0 Å². The second-order valence-corrected chi connectivity index (χ2v) is 6.81. The first-order valence-corrected chi connectivity index (χ1v) is 8.61. The van der Waals surface area contributed by atoms with E-state index in [2.05, 4.69) is 15.3 Å². The van der Waals surface area contributed by atoms with E-state index in [-0.39, 0.29) is 11.9 Å². The number of carbonyl (C=O) groups is 1. The van der Waals surface area contributed by atoms with E-state index in [9.17, 15) is 4.79 Å². The van der Waals surface area contributed by atoms with Crippen LogP contribution in [0, 0.1) is 0 Å². The highest BCUT2D eigenvalue weighted by Gasteiger charge is 2.28. The summed E-state index contributed by atoms with van der Waals surface area (Å²) in [7, 11) is 0. The van der Waals surface area contributed by atoms with E-state index in [1.54, 1.807) is 6.33 Å². The van der Waals surface area contributed by atoms with Crippen molar-refractivity contribution in [3.05, 3.63) is 40.0 Å². The number of amides is 1. The van der Waals surface area contributed by atoms with Crippen molar-refractivity contribution in [2.75, 3.05) is 18.4 Å². The minimum absolute atomic E-state index is 0.146. The molecule has 1 aliphatic heterocycles. The van der Waals surface area contributed by atoms with Crippen molar-refractivity contribution in [3.8, 4) is 0 Å².